The monoisotopic (exact) mass is 396 g/mol. The van der Waals surface area contributed by atoms with E-state index in [9.17, 15) is 0 Å². The van der Waals surface area contributed by atoms with E-state index < -0.39 is 0 Å². The van der Waals surface area contributed by atoms with Gasteiger partial charge in [-0.2, -0.15) is 4.98 Å². The molecular formula is C21H21ClN4O2. The number of halogens is 1. The molecule has 0 fully saturated rings. The molecule has 1 aromatic heterocycles. The molecule has 0 aliphatic carbocycles. The first kappa shape index (κ1) is 19.7. The molecular weight excluding hydrogens is 376 g/mol. The van der Waals surface area contributed by atoms with Crippen molar-refractivity contribution in [2.24, 2.45) is 5.73 Å². The van der Waals surface area contributed by atoms with Crippen molar-refractivity contribution >= 4 is 23.0 Å². The lowest BCUT2D eigenvalue weighted by Gasteiger charge is -2.15. The van der Waals surface area contributed by atoms with Crippen LogP contribution in [0.2, 0.25) is 5.02 Å². The van der Waals surface area contributed by atoms with Crippen LogP contribution in [0.5, 0.6) is 11.8 Å². The van der Waals surface area contributed by atoms with E-state index in [2.05, 4.69) is 15.3 Å². The Labute approximate surface area is 169 Å². The van der Waals surface area contributed by atoms with E-state index in [0.29, 0.717) is 41.2 Å². The fourth-order valence-electron chi connectivity index (χ4n) is 2.45. The van der Waals surface area contributed by atoms with Gasteiger partial charge in [0.15, 0.2) is 0 Å². The number of nitrogens with one attached hydrogen (secondary N) is 1. The van der Waals surface area contributed by atoms with Crippen molar-refractivity contribution in [3.63, 3.8) is 0 Å². The Kier molecular flexibility index (Phi) is 6.84. The summed E-state index contributed by atoms with van der Waals surface area (Å²) < 4.78 is 11.2. The molecule has 28 heavy (non-hydrogen) atoms. The Morgan fingerprint density at radius 3 is 2.54 bits per heavy atom. The molecule has 0 aliphatic rings. The predicted octanol–water partition coefficient (Wildman–Crippen LogP) is 4.29. The van der Waals surface area contributed by atoms with Gasteiger partial charge in [0.25, 0.3) is 0 Å². The molecule has 0 saturated heterocycles. The molecule has 3 rings (SSSR count). The van der Waals surface area contributed by atoms with E-state index in [-0.39, 0.29) is 6.01 Å². The molecule has 0 atom stereocenters. The van der Waals surface area contributed by atoms with Crippen LogP contribution in [-0.4, -0.2) is 23.3 Å². The molecule has 2 aromatic carbocycles. The molecule has 3 aromatic rings. The van der Waals surface area contributed by atoms with Gasteiger partial charge in [0.1, 0.15) is 12.5 Å². The van der Waals surface area contributed by atoms with Crippen LogP contribution >= 0.6 is 11.6 Å². The third-order valence-electron chi connectivity index (χ3n) is 3.82. The van der Waals surface area contributed by atoms with Gasteiger partial charge in [0, 0.05) is 17.8 Å². The Morgan fingerprint density at radius 2 is 1.82 bits per heavy atom. The summed E-state index contributed by atoms with van der Waals surface area (Å²) >= 11 is 5.98. The topological polar surface area (TPSA) is 82.3 Å². The van der Waals surface area contributed by atoms with Crippen molar-refractivity contribution in [1.29, 1.82) is 0 Å². The molecule has 7 heteroatoms. The van der Waals surface area contributed by atoms with Crippen LogP contribution in [0, 0.1) is 0 Å². The largest absolute Gasteiger partial charge is 0.424 e. The number of para-hydroxylation sites is 1. The normalized spacial score (nSPS) is 11.6. The van der Waals surface area contributed by atoms with Crippen molar-refractivity contribution in [2.75, 3.05) is 13.3 Å². The van der Waals surface area contributed by atoms with Crippen molar-refractivity contribution in [3.8, 4) is 11.8 Å². The molecule has 0 bridgehead atoms. The second-order valence-corrected chi connectivity index (χ2v) is 6.19. The summed E-state index contributed by atoms with van der Waals surface area (Å²) in [6.45, 7) is 2.79. The van der Waals surface area contributed by atoms with Gasteiger partial charge in [-0.3, -0.25) is 0 Å². The molecule has 0 spiro atoms. The summed E-state index contributed by atoms with van der Waals surface area (Å²) in [5.74, 6) is 0.651. The zero-order valence-corrected chi connectivity index (χ0v) is 16.2. The van der Waals surface area contributed by atoms with Crippen molar-refractivity contribution in [2.45, 2.75) is 6.92 Å². The van der Waals surface area contributed by atoms with Gasteiger partial charge in [0.2, 0.25) is 0 Å². The fourth-order valence-corrected chi connectivity index (χ4v) is 2.57. The van der Waals surface area contributed by atoms with Crippen molar-refractivity contribution < 1.29 is 9.47 Å². The summed E-state index contributed by atoms with van der Waals surface area (Å²) in [6.07, 6.45) is 1.62. The Balaban J connectivity index is 1.94. The highest BCUT2D eigenvalue weighted by atomic mass is 35.5. The van der Waals surface area contributed by atoms with Crippen molar-refractivity contribution in [3.05, 3.63) is 83.1 Å². The van der Waals surface area contributed by atoms with Gasteiger partial charge in [0.05, 0.1) is 17.1 Å². The molecule has 0 radical (unpaired) electrons. The van der Waals surface area contributed by atoms with Crippen LogP contribution in [0.25, 0.3) is 11.4 Å². The van der Waals surface area contributed by atoms with Crippen LogP contribution < -0.4 is 15.8 Å². The predicted molar refractivity (Wildman–Crippen MR) is 111 cm³/mol. The minimum Gasteiger partial charge on any atom is -0.424 e. The quantitative estimate of drug-likeness (QED) is 0.436. The first-order valence-corrected chi connectivity index (χ1v) is 9.18. The van der Waals surface area contributed by atoms with Gasteiger partial charge in [-0.25, -0.2) is 4.98 Å². The maximum absolute atomic E-state index is 6.42. The van der Waals surface area contributed by atoms with Crippen LogP contribution in [0.15, 0.2) is 66.9 Å². The number of nitrogens with two attached hydrogens (primary N) is 1. The second-order valence-electron chi connectivity index (χ2n) is 5.75. The highest BCUT2D eigenvalue weighted by Crippen LogP contribution is 2.23. The van der Waals surface area contributed by atoms with Crippen LogP contribution in [0.3, 0.4) is 0 Å². The number of ether oxygens (including phenoxy) is 2. The van der Waals surface area contributed by atoms with Gasteiger partial charge in [-0.1, -0.05) is 41.9 Å². The standard InChI is InChI=1S/C21H21ClN4O2/c1-2-27-14-25-20(19(23)15-8-10-16(22)11-9-15)18-12-13-24-21(26-18)28-17-6-4-3-5-7-17/h3-13,25H,2,14,23H2,1H3/b20-19-. The van der Waals surface area contributed by atoms with Crippen LogP contribution in [-0.2, 0) is 4.74 Å². The zero-order valence-electron chi connectivity index (χ0n) is 15.4. The molecule has 0 saturated carbocycles. The zero-order chi connectivity index (χ0) is 19.8. The number of benzene rings is 2. The maximum atomic E-state index is 6.42. The molecule has 0 amide bonds. The van der Waals surface area contributed by atoms with E-state index in [1.807, 2.05) is 49.4 Å². The highest BCUT2D eigenvalue weighted by molar-refractivity contribution is 6.30. The van der Waals surface area contributed by atoms with Gasteiger partial charge in [-0.05, 0) is 42.8 Å². The third kappa shape index (κ3) is 5.22. The SMILES string of the molecule is CCOCN/C(=C(\N)c1ccc(Cl)cc1)c1ccnc(Oc2ccccc2)n1. The third-order valence-corrected chi connectivity index (χ3v) is 4.07. The molecule has 0 aliphatic heterocycles. The number of hydrogen-bond donors (Lipinski definition) is 2. The van der Waals surface area contributed by atoms with Crippen LogP contribution in [0.1, 0.15) is 18.2 Å². The van der Waals surface area contributed by atoms with E-state index >= 15 is 0 Å². The molecule has 6 nitrogen and oxygen atoms in total. The van der Waals surface area contributed by atoms with Gasteiger partial charge in [-0.15, -0.1) is 0 Å². The smallest absolute Gasteiger partial charge is 0.322 e. The van der Waals surface area contributed by atoms with E-state index in [1.54, 1.807) is 24.4 Å². The summed E-state index contributed by atoms with van der Waals surface area (Å²) in [7, 11) is 0. The summed E-state index contributed by atoms with van der Waals surface area (Å²) in [4.78, 5) is 8.68. The lowest BCUT2D eigenvalue weighted by atomic mass is 10.1. The average molecular weight is 397 g/mol. The molecule has 144 valence electrons. The first-order chi connectivity index (χ1) is 13.7. The van der Waals surface area contributed by atoms with Crippen molar-refractivity contribution in [1.82, 2.24) is 15.3 Å². The number of nitrogens with zero attached hydrogens (tertiary/aromatic N) is 2. The summed E-state index contributed by atoms with van der Waals surface area (Å²) in [5.41, 5.74) is 8.96. The molecule has 1 heterocycles. The van der Waals surface area contributed by atoms with Crippen LogP contribution in [0.4, 0.5) is 0 Å². The number of hydrogen-bond acceptors (Lipinski definition) is 6. The molecule has 0 unspecified atom stereocenters. The van der Waals surface area contributed by atoms with Gasteiger partial charge >= 0.3 is 6.01 Å². The van der Waals surface area contributed by atoms with E-state index in [1.165, 1.54) is 0 Å². The maximum Gasteiger partial charge on any atom is 0.322 e. The average Bonchev–Trinajstić information content (AvgIpc) is 2.72. The summed E-state index contributed by atoms with van der Waals surface area (Å²) in [5, 5.41) is 3.83. The fraction of sp³-hybridized carbons (Fsp3) is 0.143. The van der Waals surface area contributed by atoms with Gasteiger partial charge < -0.3 is 20.5 Å². The van der Waals surface area contributed by atoms with E-state index in [4.69, 9.17) is 26.8 Å². The Hall–Kier alpha value is -3.09. The summed E-state index contributed by atoms with van der Waals surface area (Å²) in [6, 6.07) is 18.6. The lowest BCUT2D eigenvalue weighted by molar-refractivity contribution is 0.140. The lowest BCUT2D eigenvalue weighted by Crippen LogP contribution is -2.21. The Morgan fingerprint density at radius 1 is 1.07 bits per heavy atom. The molecule has 3 N–H and O–H groups in total. The number of rotatable bonds is 8. The second kappa shape index (κ2) is 9.73. The minimum atomic E-state index is 0.225. The first-order valence-electron chi connectivity index (χ1n) is 8.81. The number of aromatic nitrogens is 2. The minimum absolute atomic E-state index is 0.225. The van der Waals surface area contributed by atoms with E-state index in [0.717, 1.165) is 5.56 Å². The Bertz CT molecular complexity index is 931. The highest BCUT2D eigenvalue weighted by Gasteiger charge is 2.12.